The molecular weight excluding hydrogens is 202 g/mol. The molecule has 2 rings (SSSR count). The number of fused-ring (bicyclic) bond motifs is 1. The van der Waals surface area contributed by atoms with Gasteiger partial charge in [-0.15, -0.1) is 11.6 Å². The average Bonchev–Trinajstić information content (AvgIpc) is 2.44. The fraction of sp³-hybridized carbons (Fsp3) is 0.300. The van der Waals surface area contributed by atoms with Gasteiger partial charge in [0.05, 0.1) is 11.4 Å². The molecule has 1 aliphatic rings. The molecule has 1 aromatic carbocycles. The van der Waals surface area contributed by atoms with Crippen LogP contribution in [0.4, 0.5) is 4.79 Å². The molecule has 1 amide bonds. The van der Waals surface area contributed by atoms with Gasteiger partial charge in [-0.25, -0.2) is 4.79 Å². The lowest BCUT2D eigenvalue weighted by atomic mass is 10.1. The Hall–Kier alpha value is -1.22. The summed E-state index contributed by atoms with van der Waals surface area (Å²) in [5, 5.41) is 10.8. The van der Waals surface area contributed by atoms with Crippen LogP contribution in [-0.4, -0.2) is 17.2 Å². The summed E-state index contributed by atoms with van der Waals surface area (Å²) in [4.78, 5) is 10.5. The second kappa shape index (κ2) is 3.50. The summed E-state index contributed by atoms with van der Waals surface area (Å²) in [6.45, 7) is 0. The highest BCUT2D eigenvalue weighted by atomic mass is 35.5. The van der Waals surface area contributed by atoms with Crippen molar-refractivity contribution in [2.24, 2.45) is 0 Å². The Labute approximate surface area is 86.7 Å². The number of halogens is 1. The zero-order valence-corrected chi connectivity index (χ0v) is 8.16. The van der Waals surface area contributed by atoms with Crippen molar-refractivity contribution < 1.29 is 9.90 Å². The molecular formula is C10H10ClNO2. The molecule has 4 heteroatoms. The monoisotopic (exact) mass is 211 g/mol. The van der Waals surface area contributed by atoms with E-state index >= 15 is 0 Å². The van der Waals surface area contributed by atoms with Gasteiger partial charge in [-0.2, -0.15) is 0 Å². The summed E-state index contributed by atoms with van der Waals surface area (Å²) < 4.78 is 0. The van der Waals surface area contributed by atoms with Crippen LogP contribution in [0.25, 0.3) is 0 Å². The van der Waals surface area contributed by atoms with Crippen LogP contribution in [0.2, 0.25) is 0 Å². The molecule has 2 N–H and O–H groups in total. The highest BCUT2D eigenvalue weighted by Crippen LogP contribution is 2.35. The van der Waals surface area contributed by atoms with Crippen LogP contribution in [-0.2, 0) is 6.42 Å². The van der Waals surface area contributed by atoms with E-state index in [1.807, 2.05) is 24.3 Å². The fourth-order valence-electron chi connectivity index (χ4n) is 1.83. The number of hydrogen-bond acceptors (Lipinski definition) is 1. The molecule has 0 aromatic heterocycles. The molecule has 0 fully saturated rings. The second-order valence-electron chi connectivity index (χ2n) is 3.36. The molecule has 3 nitrogen and oxygen atoms in total. The second-order valence-corrected chi connectivity index (χ2v) is 3.83. The minimum atomic E-state index is -1.02. The average molecular weight is 212 g/mol. The van der Waals surface area contributed by atoms with Crippen LogP contribution in [0.5, 0.6) is 0 Å². The topological polar surface area (TPSA) is 49.3 Å². The summed E-state index contributed by atoms with van der Waals surface area (Å²) in [7, 11) is 0. The van der Waals surface area contributed by atoms with E-state index in [0.29, 0.717) is 6.42 Å². The molecule has 0 radical (unpaired) electrons. The molecule has 2 unspecified atom stereocenters. The molecule has 2 atom stereocenters. The molecule has 0 saturated heterocycles. The molecule has 1 aromatic rings. The Bertz CT molecular complexity index is 367. The molecule has 0 heterocycles. The first-order chi connectivity index (χ1) is 6.68. The summed E-state index contributed by atoms with van der Waals surface area (Å²) in [5.41, 5.74) is 2.17. The molecule has 0 aliphatic heterocycles. The van der Waals surface area contributed by atoms with Gasteiger partial charge in [-0.1, -0.05) is 24.3 Å². The maximum absolute atomic E-state index is 10.5. The van der Waals surface area contributed by atoms with E-state index in [-0.39, 0.29) is 11.4 Å². The maximum atomic E-state index is 10.5. The van der Waals surface area contributed by atoms with Crippen LogP contribution >= 0.6 is 11.6 Å². The Kier molecular flexibility index (Phi) is 2.33. The van der Waals surface area contributed by atoms with Crippen LogP contribution in [0.1, 0.15) is 16.5 Å². The predicted octanol–water partition coefficient (Wildman–Crippen LogP) is 2.16. The highest BCUT2D eigenvalue weighted by Gasteiger charge is 2.31. The van der Waals surface area contributed by atoms with Gasteiger partial charge < -0.3 is 10.4 Å². The lowest BCUT2D eigenvalue weighted by Gasteiger charge is -2.13. The van der Waals surface area contributed by atoms with Crippen molar-refractivity contribution in [2.75, 3.05) is 0 Å². The molecule has 0 spiro atoms. The van der Waals surface area contributed by atoms with E-state index in [1.165, 1.54) is 0 Å². The standard InChI is InChI=1S/C10H10ClNO2/c11-9-7-4-2-1-3-6(7)5-8(9)12-10(13)14/h1-4,8-9,12H,5H2,(H,13,14). The Morgan fingerprint density at radius 1 is 1.50 bits per heavy atom. The summed E-state index contributed by atoms with van der Waals surface area (Å²) in [6.07, 6.45) is -0.343. The Morgan fingerprint density at radius 3 is 2.86 bits per heavy atom. The third kappa shape index (κ3) is 1.55. The molecule has 1 aliphatic carbocycles. The molecule has 0 bridgehead atoms. The van der Waals surface area contributed by atoms with Crippen LogP contribution in [0.3, 0.4) is 0 Å². The number of nitrogens with one attached hydrogen (secondary N) is 1. The quantitative estimate of drug-likeness (QED) is 0.700. The van der Waals surface area contributed by atoms with Crippen LogP contribution < -0.4 is 5.32 Å². The van der Waals surface area contributed by atoms with Gasteiger partial charge >= 0.3 is 6.09 Å². The molecule has 0 saturated carbocycles. The van der Waals surface area contributed by atoms with Crippen molar-refractivity contribution in [3.63, 3.8) is 0 Å². The van der Waals surface area contributed by atoms with Gasteiger partial charge in [0.15, 0.2) is 0 Å². The Balaban J connectivity index is 2.21. The van der Waals surface area contributed by atoms with Crippen LogP contribution in [0.15, 0.2) is 24.3 Å². The lowest BCUT2D eigenvalue weighted by molar-refractivity contribution is 0.190. The van der Waals surface area contributed by atoms with Gasteiger partial charge in [0, 0.05) is 0 Å². The Morgan fingerprint density at radius 2 is 2.21 bits per heavy atom. The summed E-state index contributed by atoms with van der Waals surface area (Å²) in [6, 6.07) is 7.57. The van der Waals surface area contributed by atoms with Gasteiger partial charge in [-0.05, 0) is 17.5 Å². The van der Waals surface area contributed by atoms with Crippen molar-refractivity contribution in [1.29, 1.82) is 0 Å². The SMILES string of the molecule is O=C(O)NC1Cc2ccccc2C1Cl. The van der Waals surface area contributed by atoms with E-state index in [2.05, 4.69) is 5.32 Å². The highest BCUT2D eigenvalue weighted by molar-refractivity contribution is 6.21. The van der Waals surface area contributed by atoms with Gasteiger partial charge in [0.2, 0.25) is 0 Å². The smallest absolute Gasteiger partial charge is 0.404 e. The van der Waals surface area contributed by atoms with Crippen LogP contribution in [0, 0.1) is 0 Å². The largest absolute Gasteiger partial charge is 0.465 e. The minimum Gasteiger partial charge on any atom is -0.465 e. The van der Waals surface area contributed by atoms with Gasteiger partial charge in [0.25, 0.3) is 0 Å². The first-order valence-corrected chi connectivity index (χ1v) is 4.83. The zero-order valence-electron chi connectivity index (χ0n) is 7.40. The van der Waals surface area contributed by atoms with Crippen molar-refractivity contribution in [3.8, 4) is 0 Å². The van der Waals surface area contributed by atoms with E-state index in [4.69, 9.17) is 16.7 Å². The first kappa shape index (κ1) is 9.34. The number of benzene rings is 1. The number of rotatable bonds is 1. The van der Waals surface area contributed by atoms with Crippen molar-refractivity contribution in [3.05, 3.63) is 35.4 Å². The van der Waals surface area contributed by atoms with Crippen molar-refractivity contribution in [1.82, 2.24) is 5.32 Å². The van der Waals surface area contributed by atoms with E-state index in [9.17, 15) is 4.79 Å². The van der Waals surface area contributed by atoms with E-state index < -0.39 is 6.09 Å². The third-order valence-corrected chi connectivity index (χ3v) is 2.99. The number of carboxylic acid groups (broad SMARTS) is 1. The normalized spacial score (nSPS) is 24.4. The van der Waals surface area contributed by atoms with E-state index in [1.54, 1.807) is 0 Å². The lowest BCUT2D eigenvalue weighted by Crippen LogP contribution is -2.35. The van der Waals surface area contributed by atoms with Crippen molar-refractivity contribution in [2.45, 2.75) is 17.8 Å². The zero-order chi connectivity index (χ0) is 10.1. The maximum Gasteiger partial charge on any atom is 0.404 e. The summed E-state index contributed by atoms with van der Waals surface area (Å²) >= 11 is 6.13. The van der Waals surface area contributed by atoms with Crippen molar-refractivity contribution >= 4 is 17.7 Å². The number of carbonyl (C=O) groups is 1. The molecule has 14 heavy (non-hydrogen) atoms. The number of amides is 1. The first-order valence-electron chi connectivity index (χ1n) is 4.40. The minimum absolute atomic E-state index is 0.202. The summed E-state index contributed by atoms with van der Waals surface area (Å²) in [5.74, 6) is 0. The number of hydrogen-bond donors (Lipinski definition) is 2. The molecule has 74 valence electrons. The van der Waals surface area contributed by atoms with Gasteiger partial charge in [0.1, 0.15) is 0 Å². The third-order valence-electron chi connectivity index (χ3n) is 2.45. The van der Waals surface area contributed by atoms with Gasteiger partial charge in [-0.3, -0.25) is 0 Å². The fourth-order valence-corrected chi connectivity index (χ4v) is 2.19. The van der Waals surface area contributed by atoms with E-state index in [0.717, 1.165) is 11.1 Å². The number of alkyl halides is 1. The predicted molar refractivity (Wildman–Crippen MR) is 53.7 cm³/mol.